The van der Waals surface area contributed by atoms with Crippen molar-refractivity contribution in [3.8, 4) is 9.88 Å². The third-order valence-corrected chi connectivity index (χ3v) is 6.40. The number of para-hydroxylation sites is 1. The number of benzene rings is 1. The van der Waals surface area contributed by atoms with Gasteiger partial charge in [-0.2, -0.15) is 0 Å². The summed E-state index contributed by atoms with van der Waals surface area (Å²) in [5.74, 6) is 0.733. The van der Waals surface area contributed by atoms with Gasteiger partial charge in [0.1, 0.15) is 5.01 Å². The summed E-state index contributed by atoms with van der Waals surface area (Å²) < 4.78 is 1.18. The van der Waals surface area contributed by atoms with E-state index in [-0.39, 0.29) is 5.91 Å². The highest BCUT2D eigenvalue weighted by atomic mass is 32.1. The molecule has 0 atom stereocenters. The van der Waals surface area contributed by atoms with E-state index in [2.05, 4.69) is 16.4 Å². The molecular weight excluding hydrogens is 312 g/mol. The van der Waals surface area contributed by atoms with E-state index in [4.69, 9.17) is 0 Å². The normalized spacial score (nSPS) is 14.9. The minimum atomic E-state index is 0.0456. The highest BCUT2D eigenvalue weighted by Gasteiger charge is 2.19. The van der Waals surface area contributed by atoms with Crippen molar-refractivity contribution in [1.82, 2.24) is 10.3 Å². The molecule has 0 spiro atoms. The van der Waals surface area contributed by atoms with Crippen molar-refractivity contribution in [2.24, 2.45) is 5.92 Å². The summed E-state index contributed by atoms with van der Waals surface area (Å²) in [4.78, 5) is 18.7. The second kappa shape index (κ2) is 5.82. The highest BCUT2D eigenvalue weighted by molar-refractivity contribution is 7.26. The third kappa shape index (κ3) is 2.66. The zero-order valence-corrected chi connectivity index (χ0v) is 13.7. The standard InChI is InChI=1S/C17H16N2OS2/c20-16(18-10-11-4-3-5-11)14-8-9-15(21-14)17-19-12-6-1-2-7-13(12)22-17/h1-2,6-9,11H,3-5,10H2,(H,18,20). The Balaban J connectivity index is 1.51. The van der Waals surface area contributed by atoms with Crippen LogP contribution in [0.1, 0.15) is 28.9 Å². The highest BCUT2D eigenvalue weighted by Crippen LogP contribution is 2.34. The van der Waals surface area contributed by atoms with E-state index in [0.717, 1.165) is 26.8 Å². The molecule has 1 fully saturated rings. The third-order valence-electron chi connectivity index (χ3n) is 4.11. The summed E-state index contributed by atoms with van der Waals surface area (Å²) in [6.07, 6.45) is 3.81. The number of nitrogens with one attached hydrogen (secondary N) is 1. The van der Waals surface area contributed by atoms with Gasteiger partial charge >= 0.3 is 0 Å². The van der Waals surface area contributed by atoms with Gasteiger partial charge in [-0.25, -0.2) is 4.98 Å². The number of nitrogens with zero attached hydrogens (tertiary/aromatic N) is 1. The van der Waals surface area contributed by atoms with Crippen LogP contribution in [0.2, 0.25) is 0 Å². The number of hydrogen-bond donors (Lipinski definition) is 1. The topological polar surface area (TPSA) is 42.0 Å². The number of fused-ring (bicyclic) bond motifs is 1. The lowest BCUT2D eigenvalue weighted by molar-refractivity contribution is 0.0943. The van der Waals surface area contributed by atoms with Crippen molar-refractivity contribution in [3.63, 3.8) is 0 Å². The quantitative estimate of drug-likeness (QED) is 0.763. The zero-order chi connectivity index (χ0) is 14.9. The van der Waals surface area contributed by atoms with Crippen LogP contribution in [-0.2, 0) is 0 Å². The van der Waals surface area contributed by atoms with Crippen LogP contribution in [0.25, 0.3) is 20.1 Å². The smallest absolute Gasteiger partial charge is 0.261 e. The van der Waals surface area contributed by atoms with Crippen LogP contribution in [0, 0.1) is 5.92 Å². The van der Waals surface area contributed by atoms with E-state index in [0.29, 0.717) is 5.92 Å². The summed E-state index contributed by atoms with van der Waals surface area (Å²) in [7, 11) is 0. The Morgan fingerprint density at radius 1 is 1.18 bits per heavy atom. The van der Waals surface area contributed by atoms with Crippen molar-refractivity contribution >= 4 is 38.8 Å². The van der Waals surface area contributed by atoms with Gasteiger partial charge in [-0.05, 0) is 43.0 Å². The molecule has 3 nitrogen and oxygen atoms in total. The van der Waals surface area contributed by atoms with Crippen LogP contribution in [-0.4, -0.2) is 17.4 Å². The lowest BCUT2D eigenvalue weighted by Crippen LogP contribution is -2.31. The molecule has 1 amide bonds. The van der Waals surface area contributed by atoms with Crippen LogP contribution in [0.5, 0.6) is 0 Å². The average Bonchev–Trinajstić information content (AvgIpc) is 3.12. The summed E-state index contributed by atoms with van der Waals surface area (Å²) in [5, 5.41) is 4.04. The fourth-order valence-corrected chi connectivity index (χ4v) is 4.52. The first kappa shape index (κ1) is 13.9. The number of carbonyl (C=O) groups excluding carboxylic acids is 1. The minimum absolute atomic E-state index is 0.0456. The van der Waals surface area contributed by atoms with E-state index >= 15 is 0 Å². The van der Waals surface area contributed by atoms with Gasteiger partial charge in [-0.3, -0.25) is 4.79 Å². The van der Waals surface area contributed by atoms with Crippen LogP contribution in [0.15, 0.2) is 36.4 Å². The second-order valence-electron chi connectivity index (χ2n) is 5.66. The first-order valence-electron chi connectivity index (χ1n) is 7.53. The van der Waals surface area contributed by atoms with E-state index in [1.165, 1.54) is 35.3 Å². The summed E-state index contributed by atoms with van der Waals surface area (Å²) in [5.41, 5.74) is 1.02. The van der Waals surface area contributed by atoms with Crippen molar-refractivity contribution in [1.29, 1.82) is 0 Å². The molecule has 0 bridgehead atoms. The fraction of sp³-hybridized carbons (Fsp3) is 0.294. The average molecular weight is 328 g/mol. The lowest BCUT2D eigenvalue weighted by Gasteiger charge is -2.25. The van der Waals surface area contributed by atoms with Gasteiger partial charge in [-0.15, -0.1) is 22.7 Å². The molecule has 5 heteroatoms. The number of carbonyl (C=O) groups is 1. The van der Waals surface area contributed by atoms with Crippen LogP contribution in [0.4, 0.5) is 0 Å². The fourth-order valence-electron chi connectivity index (χ4n) is 2.57. The molecule has 0 saturated heterocycles. The maximum Gasteiger partial charge on any atom is 0.261 e. The van der Waals surface area contributed by atoms with Gasteiger partial charge < -0.3 is 5.32 Å². The molecule has 112 valence electrons. The molecule has 0 radical (unpaired) electrons. The molecule has 1 aliphatic rings. The maximum absolute atomic E-state index is 12.2. The molecule has 2 heterocycles. The number of thiophene rings is 1. The SMILES string of the molecule is O=C(NCC1CCC1)c1ccc(-c2nc3ccccc3s2)s1. The van der Waals surface area contributed by atoms with Gasteiger partial charge in [0.2, 0.25) is 0 Å². The van der Waals surface area contributed by atoms with Crippen molar-refractivity contribution in [2.45, 2.75) is 19.3 Å². The molecule has 0 aliphatic heterocycles. The minimum Gasteiger partial charge on any atom is -0.351 e. The Kier molecular flexibility index (Phi) is 3.68. The van der Waals surface area contributed by atoms with Gasteiger partial charge in [-0.1, -0.05) is 18.6 Å². The molecule has 4 rings (SSSR count). The van der Waals surface area contributed by atoms with Crippen molar-refractivity contribution < 1.29 is 4.79 Å². The van der Waals surface area contributed by atoms with Crippen molar-refractivity contribution in [3.05, 3.63) is 41.3 Å². The molecule has 1 aliphatic carbocycles. The second-order valence-corrected chi connectivity index (χ2v) is 7.77. The van der Waals surface area contributed by atoms with Gasteiger partial charge in [0, 0.05) is 6.54 Å². The van der Waals surface area contributed by atoms with Gasteiger partial charge in [0.15, 0.2) is 0 Å². The molecule has 0 unspecified atom stereocenters. The Labute approximate surface area is 137 Å². The monoisotopic (exact) mass is 328 g/mol. The summed E-state index contributed by atoms with van der Waals surface area (Å²) >= 11 is 3.20. The number of thiazole rings is 1. The Hall–Kier alpha value is -1.72. The van der Waals surface area contributed by atoms with E-state index in [1.807, 2.05) is 30.3 Å². The lowest BCUT2D eigenvalue weighted by atomic mass is 9.85. The molecular formula is C17H16N2OS2. The Morgan fingerprint density at radius 2 is 2.05 bits per heavy atom. The molecule has 22 heavy (non-hydrogen) atoms. The number of amides is 1. The molecule has 1 N–H and O–H groups in total. The predicted octanol–water partition coefficient (Wildman–Crippen LogP) is 4.55. The van der Waals surface area contributed by atoms with E-state index in [9.17, 15) is 4.79 Å². The number of aromatic nitrogens is 1. The van der Waals surface area contributed by atoms with Crippen LogP contribution >= 0.6 is 22.7 Å². The number of rotatable bonds is 4. The van der Waals surface area contributed by atoms with Crippen LogP contribution < -0.4 is 5.32 Å². The van der Waals surface area contributed by atoms with Gasteiger partial charge in [0.25, 0.3) is 5.91 Å². The van der Waals surface area contributed by atoms with Crippen LogP contribution in [0.3, 0.4) is 0 Å². The Bertz CT molecular complexity index is 784. The van der Waals surface area contributed by atoms with E-state index < -0.39 is 0 Å². The maximum atomic E-state index is 12.2. The summed E-state index contributed by atoms with van der Waals surface area (Å²) in [6.45, 7) is 0.813. The largest absolute Gasteiger partial charge is 0.351 e. The first-order chi connectivity index (χ1) is 10.8. The molecule has 3 aromatic rings. The number of hydrogen-bond acceptors (Lipinski definition) is 4. The summed E-state index contributed by atoms with van der Waals surface area (Å²) in [6, 6.07) is 12.0. The predicted molar refractivity (Wildman–Crippen MR) is 92.6 cm³/mol. The molecule has 1 aromatic carbocycles. The van der Waals surface area contributed by atoms with Crippen molar-refractivity contribution in [2.75, 3.05) is 6.54 Å². The Morgan fingerprint density at radius 3 is 2.82 bits per heavy atom. The zero-order valence-electron chi connectivity index (χ0n) is 12.0. The van der Waals surface area contributed by atoms with Gasteiger partial charge in [0.05, 0.1) is 20.0 Å². The van der Waals surface area contributed by atoms with E-state index in [1.54, 1.807) is 11.3 Å². The first-order valence-corrected chi connectivity index (χ1v) is 9.17. The molecule has 2 aromatic heterocycles. The molecule has 1 saturated carbocycles.